The van der Waals surface area contributed by atoms with Crippen LogP contribution in [-0.4, -0.2) is 12.9 Å². The van der Waals surface area contributed by atoms with E-state index in [1.807, 2.05) is 6.07 Å². The molecule has 0 amide bonds. The van der Waals surface area contributed by atoms with E-state index in [4.69, 9.17) is 4.74 Å². The van der Waals surface area contributed by atoms with Gasteiger partial charge in [0.15, 0.2) is 0 Å². The molecule has 0 spiro atoms. The zero-order valence-corrected chi connectivity index (χ0v) is 10.9. The summed E-state index contributed by atoms with van der Waals surface area (Å²) >= 11 is 0. The van der Waals surface area contributed by atoms with Crippen molar-refractivity contribution in [2.75, 3.05) is 7.11 Å². The highest BCUT2D eigenvalue weighted by Gasteiger charge is 2.35. The lowest BCUT2D eigenvalue weighted by molar-refractivity contribution is -0.121. The second-order valence-electron chi connectivity index (χ2n) is 5.38. The third-order valence-electron chi connectivity index (χ3n) is 4.33. The number of benzene rings is 1. The summed E-state index contributed by atoms with van der Waals surface area (Å²) in [5.74, 6) is 2.20. The third-order valence-corrected chi connectivity index (χ3v) is 4.33. The number of ether oxygens (including phenoxy) is 1. The molecule has 2 aliphatic rings. The van der Waals surface area contributed by atoms with Gasteiger partial charge in [0.2, 0.25) is 0 Å². The number of ketones is 1. The molecule has 0 saturated heterocycles. The van der Waals surface area contributed by atoms with Gasteiger partial charge in [-0.15, -0.1) is 0 Å². The largest absolute Gasteiger partial charge is 0.497 e. The van der Waals surface area contributed by atoms with Crippen LogP contribution in [0.2, 0.25) is 0 Å². The number of methoxy groups -OCH3 is 1. The van der Waals surface area contributed by atoms with Crippen LogP contribution in [0.1, 0.15) is 43.2 Å². The molecule has 2 aliphatic carbocycles. The first-order valence-electron chi connectivity index (χ1n) is 6.57. The van der Waals surface area contributed by atoms with Gasteiger partial charge in [0.1, 0.15) is 11.5 Å². The predicted octanol–water partition coefficient (Wildman–Crippen LogP) is 3.56. The molecule has 0 radical (unpaired) electrons. The van der Waals surface area contributed by atoms with E-state index in [0.29, 0.717) is 24.0 Å². The van der Waals surface area contributed by atoms with Gasteiger partial charge in [-0.3, -0.25) is 4.79 Å². The van der Waals surface area contributed by atoms with Crippen LogP contribution in [0, 0.1) is 5.92 Å². The molecule has 2 nitrogen and oxygen atoms in total. The first-order valence-corrected chi connectivity index (χ1v) is 6.57. The van der Waals surface area contributed by atoms with Crippen LogP contribution in [0.4, 0.5) is 0 Å². The lowest BCUT2D eigenvalue weighted by Gasteiger charge is -2.36. The maximum atomic E-state index is 11.7. The summed E-state index contributed by atoms with van der Waals surface area (Å²) in [6.45, 7) is 2.20. The van der Waals surface area contributed by atoms with Gasteiger partial charge in [0.25, 0.3) is 0 Å². The van der Waals surface area contributed by atoms with Gasteiger partial charge < -0.3 is 4.74 Å². The Morgan fingerprint density at radius 3 is 2.89 bits per heavy atom. The number of carbonyl (C=O) groups is 1. The van der Waals surface area contributed by atoms with Crippen LogP contribution >= 0.6 is 0 Å². The monoisotopic (exact) mass is 242 g/mol. The molecule has 1 aromatic rings. The van der Waals surface area contributed by atoms with Crippen molar-refractivity contribution < 1.29 is 9.53 Å². The van der Waals surface area contributed by atoms with Crippen LogP contribution in [0.5, 0.6) is 5.75 Å². The Morgan fingerprint density at radius 1 is 1.28 bits per heavy atom. The van der Waals surface area contributed by atoms with Crippen LogP contribution in [0.25, 0.3) is 6.08 Å². The molecule has 0 bridgehead atoms. The number of carbonyl (C=O) groups excluding carboxylic acids is 1. The molecule has 0 N–H and O–H groups in total. The van der Waals surface area contributed by atoms with E-state index in [2.05, 4.69) is 25.1 Å². The number of hydrogen-bond donors (Lipinski definition) is 0. The predicted molar refractivity (Wildman–Crippen MR) is 71.7 cm³/mol. The quantitative estimate of drug-likeness (QED) is 0.752. The Bertz CT molecular complexity index is 528. The zero-order valence-electron chi connectivity index (χ0n) is 10.9. The molecule has 1 fully saturated rings. The van der Waals surface area contributed by atoms with E-state index >= 15 is 0 Å². The summed E-state index contributed by atoms with van der Waals surface area (Å²) in [6, 6.07) is 6.20. The average Bonchev–Trinajstić information content (AvgIpc) is 2.38. The van der Waals surface area contributed by atoms with Crippen LogP contribution in [0.15, 0.2) is 23.8 Å². The first kappa shape index (κ1) is 11.5. The van der Waals surface area contributed by atoms with Crippen molar-refractivity contribution in [3.05, 3.63) is 34.9 Å². The Morgan fingerprint density at radius 2 is 2.11 bits per heavy atom. The van der Waals surface area contributed by atoms with Crippen molar-refractivity contribution in [3.63, 3.8) is 0 Å². The van der Waals surface area contributed by atoms with Crippen LogP contribution in [0.3, 0.4) is 0 Å². The Labute approximate surface area is 108 Å². The van der Waals surface area contributed by atoms with Gasteiger partial charge in [0, 0.05) is 12.8 Å². The summed E-state index contributed by atoms with van der Waals surface area (Å²) in [7, 11) is 1.69. The molecule has 1 aromatic carbocycles. The molecule has 0 aromatic heterocycles. The first-order chi connectivity index (χ1) is 8.69. The summed E-state index contributed by atoms with van der Waals surface area (Å²) < 4.78 is 5.31. The van der Waals surface area contributed by atoms with E-state index in [1.54, 1.807) is 7.11 Å². The van der Waals surface area contributed by atoms with Gasteiger partial charge in [-0.25, -0.2) is 0 Å². The van der Waals surface area contributed by atoms with E-state index in [0.717, 1.165) is 18.6 Å². The SMILES string of the molecule is COc1ccc2c(c1)C1CC(=O)CCC1C(C)=C2. The molecular weight excluding hydrogens is 224 g/mol. The zero-order chi connectivity index (χ0) is 12.7. The van der Waals surface area contributed by atoms with Crippen molar-refractivity contribution in [1.29, 1.82) is 0 Å². The minimum Gasteiger partial charge on any atom is -0.497 e. The highest BCUT2D eigenvalue weighted by Crippen LogP contribution is 2.46. The number of rotatable bonds is 1. The maximum Gasteiger partial charge on any atom is 0.133 e. The highest BCUT2D eigenvalue weighted by atomic mass is 16.5. The smallest absolute Gasteiger partial charge is 0.133 e. The molecule has 94 valence electrons. The fourth-order valence-corrected chi connectivity index (χ4v) is 3.36. The highest BCUT2D eigenvalue weighted by molar-refractivity contribution is 5.81. The lowest BCUT2D eigenvalue weighted by atomic mass is 9.68. The van der Waals surface area contributed by atoms with E-state index in [9.17, 15) is 4.79 Å². The Hall–Kier alpha value is -1.57. The second kappa shape index (κ2) is 4.27. The summed E-state index contributed by atoms with van der Waals surface area (Å²) in [5.41, 5.74) is 3.97. The number of Topliss-reactive ketones (excluding diaryl/α,β-unsaturated/α-hetero) is 1. The van der Waals surface area contributed by atoms with Gasteiger partial charge in [-0.2, -0.15) is 0 Å². The minimum absolute atomic E-state index is 0.362. The minimum atomic E-state index is 0.362. The third kappa shape index (κ3) is 1.76. The average molecular weight is 242 g/mol. The fourth-order valence-electron chi connectivity index (χ4n) is 3.36. The molecule has 3 rings (SSSR count). The summed E-state index contributed by atoms with van der Waals surface area (Å²) in [6.07, 6.45) is 4.70. The second-order valence-corrected chi connectivity index (χ2v) is 5.38. The summed E-state index contributed by atoms with van der Waals surface area (Å²) in [4.78, 5) is 11.7. The normalized spacial score (nSPS) is 26.1. The maximum absolute atomic E-state index is 11.7. The van der Waals surface area contributed by atoms with E-state index in [1.165, 1.54) is 16.7 Å². The number of allylic oxidation sites excluding steroid dienone is 1. The number of hydrogen-bond acceptors (Lipinski definition) is 2. The van der Waals surface area contributed by atoms with Crippen molar-refractivity contribution in [1.82, 2.24) is 0 Å². The van der Waals surface area contributed by atoms with Crippen molar-refractivity contribution in [3.8, 4) is 5.75 Å². The lowest BCUT2D eigenvalue weighted by Crippen LogP contribution is -2.26. The van der Waals surface area contributed by atoms with Gasteiger partial charge in [-0.1, -0.05) is 17.7 Å². The summed E-state index contributed by atoms with van der Waals surface area (Å²) in [5, 5.41) is 0. The van der Waals surface area contributed by atoms with E-state index in [-0.39, 0.29) is 0 Å². The van der Waals surface area contributed by atoms with Crippen molar-refractivity contribution in [2.45, 2.75) is 32.1 Å². The van der Waals surface area contributed by atoms with Crippen molar-refractivity contribution >= 4 is 11.9 Å². The molecule has 1 saturated carbocycles. The van der Waals surface area contributed by atoms with Gasteiger partial charge >= 0.3 is 0 Å². The number of fused-ring (bicyclic) bond motifs is 3. The Balaban J connectivity index is 2.09. The Kier molecular flexibility index (Phi) is 2.73. The molecule has 2 atom stereocenters. The molecule has 2 unspecified atom stereocenters. The van der Waals surface area contributed by atoms with Crippen LogP contribution < -0.4 is 4.74 Å². The van der Waals surface area contributed by atoms with Gasteiger partial charge in [-0.05, 0) is 48.4 Å². The standard InChI is InChI=1S/C16H18O2/c1-10-7-11-3-5-13(18-2)9-15(11)16-8-12(17)4-6-14(10)16/h3,5,7,9,14,16H,4,6,8H2,1-2H3. The molecule has 0 aliphatic heterocycles. The van der Waals surface area contributed by atoms with Gasteiger partial charge in [0.05, 0.1) is 7.11 Å². The fraction of sp³-hybridized carbons (Fsp3) is 0.438. The molecule has 18 heavy (non-hydrogen) atoms. The topological polar surface area (TPSA) is 26.3 Å². The van der Waals surface area contributed by atoms with E-state index < -0.39 is 0 Å². The van der Waals surface area contributed by atoms with Crippen molar-refractivity contribution in [2.24, 2.45) is 5.92 Å². The van der Waals surface area contributed by atoms with Crippen LogP contribution in [-0.2, 0) is 4.79 Å². The molecule has 2 heteroatoms. The molecule has 0 heterocycles. The molecular formula is C16H18O2.